The lowest BCUT2D eigenvalue weighted by Crippen LogP contribution is -2.33. The molecule has 0 saturated heterocycles. The van der Waals surface area contributed by atoms with Gasteiger partial charge in [0.25, 0.3) is 0 Å². The van der Waals surface area contributed by atoms with Gasteiger partial charge < -0.3 is 16.5 Å². The quantitative estimate of drug-likeness (QED) is 0.429. The standard InChI is InChI=1S/C10H18N6O/c1-5(2)10-14-7(4-8(15-10)16-12)13-6(3)9(11)17/h4-6H,12H2,1-3H3,(H2,11,17)(H2,13,14,15,16). The number of hydrazine groups is 1. The Bertz CT molecular complexity index is 406. The van der Waals surface area contributed by atoms with Crippen molar-refractivity contribution >= 4 is 17.5 Å². The number of amides is 1. The molecular formula is C10H18N6O. The molecule has 0 aliphatic carbocycles. The van der Waals surface area contributed by atoms with Crippen LogP contribution < -0.4 is 22.3 Å². The molecule has 0 saturated carbocycles. The fraction of sp³-hybridized carbons (Fsp3) is 0.500. The first-order valence-electron chi connectivity index (χ1n) is 5.35. The lowest BCUT2D eigenvalue weighted by atomic mass is 10.2. The zero-order valence-corrected chi connectivity index (χ0v) is 10.2. The minimum Gasteiger partial charge on any atom is -0.368 e. The second kappa shape index (κ2) is 5.44. The van der Waals surface area contributed by atoms with Crippen molar-refractivity contribution in [3.05, 3.63) is 11.9 Å². The van der Waals surface area contributed by atoms with Gasteiger partial charge in [0, 0.05) is 12.0 Å². The van der Waals surface area contributed by atoms with E-state index in [9.17, 15) is 4.79 Å². The summed E-state index contributed by atoms with van der Waals surface area (Å²) in [6.07, 6.45) is 0. The molecule has 6 N–H and O–H groups in total. The first-order valence-corrected chi connectivity index (χ1v) is 5.35. The van der Waals surface area contributed by atoms with Crippen LogP contribution in [0.3, 0.4) is 0 Å². The van der Waals surface area contributed by atoms with Crippen LogP contribution in [-0.4, -0.2) is 21.9 Å². The number of carbonyl (C=O) groups excluding carboxylic acids is 1. The topological polar surface area (TPSA) is 119 Å². The predicted molar refractivity (Wildman–Crippen MR) is 66.2 cm³/mol. The van der Waals surface area contributed by atoms with Crippen molar-refractivity contribution in [2.24, 2.45) is 11.6 Å². The summed E-state index contributed by atoms with van der Waals surface area (Å²) in [4.78, 5) is 19.4. The van der Waals surface area contributed by atoms with Gasteiger partial charge in [-0.3, -0.25) is 4.79 Å². The summed E-state index contributed by atoms with van der Waals surface area (Å²) >= 11 is 0. The normalized spacial score (nSPS) is 12.3. The van der Waals surface area contributed by atoms with Crippen molar-refractivity contribution in [2.75, 3.05) is 10.7 Å². The molecule has 0 aliphatic heterocycles. The van der Waals surface area contributed by atoms with Crippen molar-refractivity contribution in [1.29, 1.82) is 0 Å². The number of nitrogens with zero attached hydrogens (tertiary/aromatic N) is 2. The average molecular weight is 238 g/mol. The van der Waals surface area contributed by atoms with Gasteiger partial charge >= 0.3 is 0 Å². The Kier molecular flexibility index (Phi) is 4.22. The molecule has 7 nitrogen and oxygen atoms in total. The maximum atomic E-state index is 11.0. The maximum Gasteiger partial charge on any atom is 0.239 e. The third kappa shape index (κ3) is 3.56. The number of carbonyl (C=O) groups is 1. The Balaban J connectivity index is 2.98. The molecule has 1 aromatic rings. The first kappa shape index (κ1) is 13.2. The van der Waals surface area contributed by atoms with Gasteiger partial charge in [-0.05, 0) is 6.92 Å². The molecule has 1 heterocycles. The molecule has 0 aromatic carbocycles. The summed E-state index contributed by atoms with van der Waals surface area (Å²) in [5.41, 5.74) is 7.62. The van der Waals surface area contributed by atoms with Gasteiger partial charge in [-0.1, -0.05) is 13.8 Å². The van der Waals surface area contributed by atoms with Gasteiger partial charge in [-0.25, -0.2) is 15.8 Å². The number of anilines is 2. The second-order valence-corrected chi connectivity index (χ2v) is 4.06. The largest absolute Gasteiger partial charge is 0.368 e. The molecule has 1 atom stereocenters. The fourth-order valence-corrected chi connectivity index (χ4v) is 1.16. The molecule has 1 amide bonds. The first-order chi connectivity index (χ1) is 7.93. The van der Waals surface area contributed by atoms with E-state index >= 15 is 0 Å². The van der Waals surface area contributed by atoms with E-state index in [1.54, 1.807) is 13.0 Å². The van der Waals surface area contributed by atoms with Crippen molar-refractivity contribution < 1.29 is 4.79 Å². The summed E-state index contributed by atoms with van der Waals surface area (Å²) in [7, 11) is 0. The van der Waals surface area contributed by atoms with E-state index in [4.69, 9.17) is 11.6 Å². The highest BCUT2D eigenvalue weighted by Crippen LogP contribution is 2.16. The second-order valence-electron chi connectivity index (χ2n) is 4.06. The number of primary amides is 1. The number of rotatable bonds is 5. The number of hydrogen-bond donors (Lipinski definition) is 4. The average Bonchev–Trinajstić information content (AvgIpc) is 2.28. The van der Waals surface area contributed by atoms with E-state index in [1.807, 2.05) is 13.8 Å². The number of aromatic nitrogens is 2. The summed E-state index contributed by atoms with van der Waals surface area (Å²) < 4.78 is 0. The summed E-state index contributed by atoms with van der Waals surface area (Å²) in [5.74, 6) is 6.68. The monoisotopic (exact) mass is 238 g/mol. The fourth-order valence-electron chi connectivity index (χ4n) is 1.16. The van der Waals surface area contributed by atoms with Crippen molar-refractivity contribution in [3.63, 3.8) is 0 Å². The molecule has 17 heavy (non-hydrogen) atoms. The van der Waals surface area contributed by atoms with Crippen LogP contribution >= 0.6 is 0 Å². The van der Waals surface area contributed by atoms with Gasteiger partial charge in [0.15, 0.2) is 0 Å². The summed E-state index contributed by atoms with van der Waals surface area (Å²) in [6.45, 7) is 5.60. The van der Waals surface area contributed by atoms with Crippen LogP contribution in [-0.2, 0) is 4.79 Å². The third-order valence-electron chi connectivity index (χ3n) is 2.20. The van der Waals surface area contributed by atoms with E-state index < -0.39 is 11.9 Å². The van der Waals surface area contributed by atoms with Crippen LogP contribution in [0.15, 0.2) is 6.07 Å². The van der Waals surface area contributed by atoms with Crippen LogP contribution in [0.1, 0.15) is 32.5 Å². The minimum absolute atomic E-state index is 0.160. The van der Waals surface area contributed by atoms with Crippen molar-refractivity contribution in [2.45, 2.75) is 32.7 Å². The number of nitrogens with one attached hydrogen (secondary N) is 2. The number of nitrogen functional groups attached to an aromatic ring is 1. The molecular weight excluding hydrogens is 220 g/mol. The van der Waals surface area contributed by atoms with E-state index in [-0.39, 0.29) is 5.92 Å². The number of hydrogen-bond acceptors (Lipinski definition) is 6. The molecule has 0 aliphatic rings. The molecule has 1 unspecified atom stereocenters. The third-order valence-corrected chi connectivity index (χ3v) is 2.20. The van der Waals surface area contributed by atoms with E-state index in [0.717, 1.165) is 0 Å². The van der Waals surface area contributed by atoms with Gasteiger partial charge in [-0.15, -0.1) is 0 Å². The minimum atomic E-state index is -0.504. The highest BCUT2D eigenvalue weighted by molar-refractivity contribution is 5.82. The molecule has 0 fully saturated rings. The van der Waals surface area contributed by atoms with Crippen molar-refractivity contribution in [1.82, 2.24) is 9.97 Å². The highest BCUT2D eigenvalue weighted by atomic mass is 16.1. The molecule has 0 bridgehead atoms. The van der Waals surface area contributed by atoms with Gasteiger partial charge in [-0.2, -0.15) is 0 Å². The summed E-state index contributed by atoms with van der Waals surface area (Å²) in [5, 5.41) is 2.89. The van der Waals surface area contributed by atoms with Crippen LogP contribution in [0.4, 0.5) is 11.6 Å². The van der Waals surface area contributed by atoms with Crippen LogP contribution in [0.2, 0.25) is 0 Å². The van der Waals surface area contributed by atoms with Crippen molar-refractivity contribution in [3.8, 4) is 0 Å². The molecule has 1 aromatic heterocycles. The molecule has 0 spiro atoms. The van der Waals surface area contributed by atoms with E-state index in [1.165, 1.54) is 0 Å². The van der Waals surface area contributed by atoms with Crippen LogP contribution in [0, 0.1) is 0 Å². The Labute approximate surface area is 100.0 Å². The Morgan fingerprint density at radius 1 is 1.29 bits per heavy atom. The Hall–Kier alpha value is -1.89. The van der Waals surface area contributed by atoms with E-state index in [0.29, 0.717) is 17.5 Å². The van der Waals surface area contributed by atoms with Gasteiger partial charge in [0.1, 0.15) is 23.5 Å². The lowest BCUT2D eigenvalue weighted by Gasteiger charge is -2.14. The van der Waals surface area contributed by atoms with Crippen LogP contribution in [0.5, 0.6) is 0 Å². The highest BCUT2D eigenvalue weighted by Gasteiger charge is 2.12. The smallest absolute Gasteiger partial charge is 0.239 e. The molecule has 0 radical (unpaired) electrons. The number of nitrogens with two attached hydrogens (primary N) is 2. The van der Waals surface area contributed by atoms with Gasteiger partial charge in [0.2, 0.25) is 5.91 Å². The van der Waals surface area contributed by atoms with Crippen LogP contribution in [0.25, 0.3) is 0 Å². The zero-order chi connectivity index (χ0) is 13.0. The zero-order valence-electron chi connectivity index (χ0n) is 10.2. The SMILES string of the molecule is CC(Nc1cc(NN)nc(C(C)C)n1)C(N)=O. The Morgan fingerprint density at radius 2 is 1.88 bits per heavy atom. The lowest BCUT2D eigenvalue weighted by molar-refractivity contribution is -0.118. The molecule has 7 heteroatoms. The maximum absolute atomic E-state index is 11.0. The van der Waals surface area contributed by atoms with E-state index in [2.05, 4.69) is 20.7 Å². The molecule has 94 valence electrons. The summed E-state index contributed by atoms with van der Waals surface area (Å²) in [6, 6.07) is 1.11. The van der Waals surface area contributed by atoms with Gasteiger partial charge in [0.05, 0.1) is 0 Å². The predicted octanol–water partition coefficient (Wildman–Crippen LogP) is 0.171. The Morgan fingerprint density at radius 3 is 2.35 bits per heavy atom. The molecule has 1 rings (SSSR count).